The number of rotatable bonds is 3. The molecule has 4 rings (SSSR count). The quantitative estimate of drug-likeness (QED) is 0.730. The summed E-state index contributed by atoms with van der Waals surface area (Å²) in [6.45, 7) is 12.1. The second-order valence-corrected chi connectivity index (χ2v) is 7.02. The minimum atomic E-state index is 0.706. The molecule has 3 heterocycles. The fourth-order valence-corrected chi connectivity index (χ4v) is 3.58. The van der Waals surface area contributed by atoms with Crippen LogP contribution in [0.5, 0.6) is 0 Å². The van der Waals surface area contributed by atoms with E-state index in [1.165, 1.54) is 16.8 Å². The second kappa shape index (κ2) is 6.15. The van der Waals surface area contributed by atoms with E-state index in [9.17, 15) is 0 Å². The van der Waals surface area contributed by atoms with Crippen molar-refractivity contribution in [3.05, 3.63) is 58.5 Å². The molecule has 0 fully saturated rings. The zero-order valence-corrected chi connectivity index (χ0v) is 15.3. The molecule has 5 heteroatoms. The van der Waals surface area contributed by atoms with Crippen LogP contribution in [0.15, 0.2) is 28.9 Å². The van der Waals surface area contributed by atoms with Gasteiger partial charge in [0, 0.05) is 30.9 Å². The Morgan fingerprint density at radius 2 is 1.92 bits per heavy atom. The van der Waals surface area contributed by atoms with E-state index in [0.29, 0.717) is 5.89 Å². The molecular weight excluding hydrogens is 312 g/mol. The van der Waals surface area contributed by atoms with Crippen molar-refractivity contribution in [3.8, 4) is 11.5 Å². The Hall–Kier alpha value is -2.40. The summed E-state index contributed by atoms with van der Waals surface area (Å²) in [4.78, 5) is 11.8. The summed E-state index contributed by atoms with van der Waals surface area (Å²) in [6.07, 6.45) is 1.78. The third-order valence-electron chi connectivity index (χ3n) is 5.09. The predicted molar refractivity (Wildman–Crippen MR) is 97.2 cm³/mol. The molecule has 25 heavy (non-hydrogen) atoms. The average Bonchev–Trinajstić information content (AvgIpc) is 3.13. The van der Waals surface area contributed by atoms with Gasteiger partial charge in [-0.3, -0.25) is 4.90 Å². The maximum atomic E-state index is 5.75. The van der Waals surface area contributed by atoms with Crippen molar-refractivity contribution in [1.82, 2.24) is 19.4 Å². The van der Waals surface area contributed by atoms with Crippen LogP contribution >= 0.6 is 0 Å². The smallest absolute Gasteiger partial charge is 0.226 e. The van der Waals surface area contributed by atoms with Gasteiger partial charge in [0.15, 0.2) is 0 Å². The summed E-state index contributed by atoms with van der Waals surface area (Å²) < 4.78 is 8.08. The molecule has 0 bridgehead atoms. The molecule has 0 saturated carbocycles. The third-order valence-corrected chi connectivity index (χ3v) is 5.09. The number of benzene rings is 1. The van der Waals surface area contributed by atoms with Gasteiger partial charge in [0.1, 0.15) is 12.1 Å². The van der Waals surface area contributed by atoms with Crippen molar-refractivity contribution in [2.24, 2.45) is 0 Å². The second-order valence-electron chi connectivity index (χ2n) is 7.02. The number of imidazole rings is 1. The normalized spacial score (nSPS) is 14.7. The number of aryl methyl sites for hydroxylation is 3. The Labute approximate surface area is 148 Å². The van der Waals surface area contributed by atoms with Crippen LogP contribution in [0.2, 0.25) is 0 Å². The van der Waals surface area contributed by atoms with Gasteiger partial charge in [-0.2, -0.15) is 0 Å². The molecule has 5 nitrogen and oxygen atoms in total. The molecule has 0 atom stereocenters. The van der Waals surface area contributed by atoms with Crippen molar-refractivity contribution in [1.29, 1.82) is 0 Å². The molecular formula is C20H24N4O. The van der Waals surface area contributed by atoms with Crippen LogP contribution in [0.4, 0.5) is 0 Å². The Morgan fingerprint density at radius 3 is 2.72 bits per heavy atom. The van der Waals surface area contributed by atoms with Crippen molar-refractivity contribution in [2.75, 3.05) is 6.54 Å². The van der Waals surface area contributed by atoms with E-state index in [0.717, 1.165) is 49.0 Å². The van der Waals surface area contributed by atoms with Crippen LogP contribution in [0.1, 0.15) is 34.0 Å². The third kappa shape index (κ3) is 3.00. The van der Waals surface area contributed by atoms with E-state index in [2.05, 4.69) is 55.4 Å². The highest BCUT2D eigenvalue weighted by Crippen LogP contribution is 2.25. The minimum absolute atomic E-state index is 0.706. The number of oxazole rings is 1. The summed E-state index contributed by atoms with van der Waals surface area (Å²) in [5.41, 5.74) is 6.91. The van der Waals surface area contributed by atoms with Gasteiger partial charge in [0.2, 0.25) is 5.89 Å². The fourth-order valence-electron chi connectivity index (χ4n) is 3.58. The molecule has 0 amide bonds. The van der Waals surface area contributed by atoms with Crippen LogP contribution in [0.3, 0.4) is 0 Å². The largest absolute Gasteiger partial charge is 0.444 e. The highest BCUT2D eigenvalue weighted by atomic mass is 16.3. The molecule has 0 N–H and O–H groups in total. The summed E-state index contributed by atoms with van der Waals surface area (Å²) in [6, 6.07) is 6.35. The Balaban J connectivity index is 1.50. The van der Waals surface area contributed by atoms with Gasteiger partial charge in [0.25, 0.3) is 0 Å². The van der Waals surface area contributed by atoms with Crippen molar-refractivity contribution < 1.29 is 4.42 Å². The molecule has 1 aliphatic rings. The monoisotopic (exact) mass is 336 g/mol. The topological polar surface area (TPSA) is 47.1 Å². The van der Waals surface area contributed by atoms with E-state index in [1.807, 2.05) is 0 Å². The number of hydrogen-bond acceptors (Lipinski definition) is 4. The van der Waals surface area contributed by atoms with Crippen molar-refractivity contribution >= 4 is 0 Å². The Morgan fingerprint density at radius 1 is 1.08 bits per heavy atom. The van der Waals surface area contributed by atoms with Crippen molar-refractivity contribution in [2.45, 2.75) is 47.3 Å². The fraction of sp³-hybridized carbons (Fsp3) is 0.400. The SMILES string of the molecule is Cc1ccc(-c2nc(CN3CCn4c(nc(C)c4C)C3)co2)c(C)c1. The molecule has 1 aliphatic heterocycles. The van der Waals surface area contributed by atoms with Gasteiger partial charge in [-0.1, -0.05) is 17.7 Å². The standard InChI is InChI=1S/C20H24N4O/c1-13-5-6-18(14(2)9-13)20-22-17(12-25-20)10-23-7-8-24-16(4)15(3)21-19(24)11-23/h5-6,9,12H,7-8,10-11H2,1-4H3. The lowest BCUT2D eigenvalue weighted by molar-refractivity contribution is 0.205. The van der Waals surface area contributed by atoms with Gasteiger partial charge < -0.3 is 8.98 Å². The van der Waals surface area contributed by atoms with Crippen LogP contribution in [-0.2, 0) is 19.6 Å². The lowest BCUT2D eigenvalue weighted by Crippen LogP contribution is -2.33. The summed E-state index contributed by atoms with van der Waals surface area (Å²) in [5, 5.41) is 0. The zero-order chi connectivity index (χ0) is 17.6. The van der Waals surface area contributed by atoms with Crippen LogP contribution in [0.25, 0.3) is 11.5 Å². The molecule has 130 valence electrons. The first-order valence-electron chi connectivity index (χ1n) is 8.78. The van der Waals surface area contributed by atoms with E-state index >= 15 is 0 Å². The van der Waals surface area contributed by atoms with E-state index in [-0.39, 0.29) is 0 Å². The van der Waals surface area contributed by atoms with E-state index in [4.69, 9.17) is 14.4 Å². The number of nitrogens with zero attached hydrogens (tertiary/aromatic N) is 4. The first-order valence-corrected chi connectivity index (χ1v) is 8.78. The molecule has 2 aromatic heterocycles. The molecule has 3 aromatic rings. The van der Waals surface area contributed by atoms with Crippen LogP contribution < -0.4 is 0 Å². The van der Waals surface area contributed by atoms with Gasteiger partial charge >= 0.3 is 0 Å². The summed E-state index contributed by atoms with van der Waals surface area (Å²) >= 11 is 0. The summed E-state index contributed by atoms with van der Waals surface area (Å²) in [5.74, 6) is 1.86. The maximum absolute atomic E-state index is 5.75. The number of fused-ring (bicyclic) bond motifs is 1. The van der Waals surface area contributed by atoms with Gasteiger partial charge in [-0.15, -0.1) is 0 Å². The number of aromatic nitrogens is 3. The molecule has 0 saturated heterocycles. The first kappa shape index (κ1) is 16.1. The zero-order valence-electron chi connectivity index (χ0n) is 15.3. The van der Waals surface area contributed by atoms with Gasteiger partial charge in [0.05, 0.1) is 17.9 Å². The minimum Gasteiger partial charge on any atom is -0.444 e. The Bertz CT molecular complexity index is 922. The highest BCUT2D eigenvalue weighted by Gasteiger charge is 2.21. The lowest BCUT2D eigenvalue weighted by Gasteiger charge is -2.27. The molecule has 0 unspecified atom stereocenters. The molecule has 0 aliphatic carbocycles. The van der Waals surface area contributed by atoms with Crippen molar-refractivity contribution in [3.63, 3.8) is 0 Å². The lowest BCUT2D eigenvalue weighted by atomic mass is 10.1. The maximum Gasteiger partial charge on any atom is 0.226 e. The predicted octanol–water partition coefficient (Wildman–Crippen LogP) is 3.79. The van der Waals surface area contributed by atoms with E-state index < -0.39 is 0 Å². The first-order chi connectivity index (χ1) is 12.0. The molecule has 0 spiro atoms. The van der Waals surface area contributed by atoms with Crippen LogP contribution in [-0.4, -0.2) is 26.0 Å². The summed E-state index contributed by atoms with van der Waals surface area (Å²) in [7, 11) is 0. The Kier molecular flexibility index (Phi) is 3.96. The average molecular weight is 336 g/mol. The van der Waals surface area contributed by atoms with Crippen LogP contribution in [0, 0.1) is 27.7 Å². The van der Waals surface area contributed by atoms with Gasteiger partial charge in [-0.25, -0.2) is 9.97 Å². The van der Waals surface area contributed by atoms with E-state index in [1.54, 1.807) is 6.26 Å². The highest BCUT2D eigenvalue weighted by molar-refractivity contribution is 5.59. The molecule has 0 radical (unpaired) electrons. The number of hydrogen-bond donors (Lipinski definition) is 0. The van der Waals surface area contributed by atoms with Gasteiger partial charge in [-0.05, 0) is 39.3 Å². The molecule has 1 aromatic carbocycles.